The molecule has 0 aliphatic heterocycles. The Morgan fingerprint density at radius 1 is 1.38 bits per heavy atom. The molecule has 0 aliphatic rings. The number of carbonyl (C=O) groups is 1. The second-order valence-electron chi connectivity index (χ2n) is 3.12. The summed E-state index contributed by atoms with van der Waals surface area (Å²) in [6.45, 7) is 0.537. The first-order chi connectivity index (χ1) is 7.81. The molecule has 0 atom stereocenters. The predicted octanol–water partition coefficient (Wildman–Crippen LogP) is 0.665. The Morgan fingerprint density at radius 3 is 2.81 bits per heavy atom. The van der Waals surface area contributed by atoms with Crippen LogP contribution in [-0.2, 0) is 6.42 Å². The molecule has 82 valence electrons. The Labute approximate surface area is 96.4 Å². The number of ketones is 1. The van der Waals surface area contributed by atoms with Crippen LogP contribution in [0, 0.1) is 0 Å². The molecule has 0 spiro atoms. The molecule has 2 heterocycles. The van der Waals surface area contributed by atoms with E-state index in [9.17, 15) is 4.79 Å². The average molecular weight is 234 g/mol. The average Bonchev–Trinajstić information content (AvgIpc) is 2.78. The lowest BCUT2D eigenvalue weighted by Gasteiger charge is -1.94. The molecule has 0 saturated heterocycles. The number of thiazole rings is 1. The third-order valence-corrected chi connectivity index (χ3v) is 2.87. The minimum Gasteiger partial charge on any atom is -0.330 e. The van der Waals surface area contributed by atoms with Gasteiger partial charge in [-0.15, -0.1) is 11.3 Å². The van der Waals surface area contributed by atoms with Crippen LogP contribution in [0.25, 0.3) is 0 Å². The molecule has 0 bridgehead atoms. The molecule has 6 heteroatoms. The largest absolute Gasteiger partial charge is 0.330 e. The molecule has 5 nitrogen and oxygen atoms in total. The van der Waals surface area contributed by atoms with E-state index in [-0.39, 0.29) is 5.78 Å². The first-order valence-electron chi connectivity index (χ1n) is 4.75. The Bertz CT molecular complexity index is 483. The highest BCUT2D eigenvalue weighted by atomic mass is 32.1. The fourth-order valence-electron chi connectivity index (χ4n) is 1.22. The highest BCUT2D eigenvalue weighted by Crippen LogP contribution is 2.13. The third-order valence-electron chi connectivity index (χ3n) is 1.97. The number of nitrogens with two attached hydrogens (primary N) is 1. The summed E-state index contributed by atoms with van der Waals surface area (Å²) < 4.78 is 0. The number of hydrogen-bond acceptors (Lipinski definition) is 6. The summed E-state index contributed by atoms with van der Waals surface area (Å²) in [6, 6.07) is 0. The van der Waals surface area contributed by atoms with Gasteiger partial charge in [-0.1, -0.05) is 0 Å². The van der Waals surface area contributed by atoms with Gasteiger partial charge in [0.15, 0.2) is 0 Å². The van der Waals surface area contributed by atoms with Crippen molar-refractivity contribution in [3.05, 3.63) is 40.4 Å². The van der Waals surface area contributed by atoms with E-state index in [1.807, 2.05) is 0 Å². The first kappa shape index (κ1) is 10.8. The number of rotatable bonds is 4. The summed E-state index contributed by atoms with van der Waals surface area (Å²) in [5.41, 5.74) is 6.30. The molecule has 2 N–H and O–H groups in total. The van der Waals surface area contributed by atoms with E-state index < -0.39 is 0 Å². The lowest BCUT2D eigenvalue weighted by atomic mass is 10.2. The number of hydrogen-bond donors (Lipinski definition) is 1. The second kappa shape index (κ2) is 4.91. The van der Waals surface area contributed by atoms with Gasteiger partial charge < -0.3 is 5.73 Å². The maximum Gasteiger partial charge on any atom is 0.215 e. The van der Waals surface area contributed by atoms with Crippen LogP contribution in [0.5, 0.6) is 0 Å². The molecular weight excluding hydrogens is 224 g/mol. The smallest absolute Gasteiger partial charge is 0.215 e. The molecule has 16 heavy (non-hydrogen) atoms. The molecule has 0 aromatic carbocycles. The lowest BCUT2D eigenvalue weighted by molar-refractivity contribution is 0.103. The Balaban J connectivity index is 2.21. The van der Waals surface area contributed by atoms with Crippen molar-refractivity contribution in [2.24, 2.45) is 5.73 Å². The first-order valence-corrected chi connectivity index (χ1v) is 5.63. The fraction of sp³-hybridized carbons (Fsp3) is 0.200. The van der Waals surface area contributed by atoms with E-state index in [0.29, 0.717) is 24.2 Å². The molecule has 2 aromatic heterocycles. The van der Waals surface area contributed by atoms with Gasteiger partial charge in [0, 0.05) is 24.2 Å². The summed E-state index contributed by atoms with van der Waals surface area (Å²) in [7, 11) is 0. The van der Waals surface area contributed by atoms with Gasteiger partial charge in [-0.05, 0) is 6.54 Å². The zero-order chi connectivity index (χ0) is 11.4. The Kier molecular flexibility index (Phi) is 3.33. The normalized spacial score (nSPS) is 10.3. The molecule has 0 amide bonds. The molecule has 0 radical (unpaired) electrons. The van der Waals surface area contributed by atoms with Crippen molar-refractivity contribution >= 4 is 17.1 Å². The van der Waals surface area contributed by atoms with Gasteiger partial charge in [-0.25, -0.2) is 15.0 Å². The Morgan fingerprint density at radius 2 is 2.12 bits per heavy atom. The van der Waals surface area contributed by atoms with Crippen molar-refractivity contribution in [1.82, 2.24) is 15.0 Å². The van der Waals surface area contributed by atoms with Gasteiger partial charge in [0.25, 0.3) is 0 Å². The van der Waals surface area contributed by atoms with Crippen molar-refractivity contribution in [1.29, 1.82) is 0 Å². The van der Waals surface area contributed by atoms with Crippen molar-refractivity contribution in [2.75, 3.05) is 6.54 Å². The molecule has 2 aromatic rings. The standard InChI is InChI=1S/C10H10N4OS/c11-2-1-9-14-8(5-16-9)10(15)7-3-12-6-13-4-7/h3-6H,1-2,11H2. The van der Waals surface area contributed by atoms with Gasteiger partial charge in [-0.2, -0.15) is 0 Å². The third kappa shape index (κ3) is 2.29. The van der Waals surface area contributed by atoms with Crippen LogP contribution in [0.2, 0.25) is 0 Å². The van der Waals surface area contributed by atoms with Crippen LogP contribution in [0.3, 0.4) is 0 Å². The van der Waals surface area contributed by atoms with Crippen molar-refractivity contribution in [2.45, 2.75) is 6.42 Å². The fourth-order valence-corrected chi connectivity index (χ4v) is 2.01. The maximum atomic E-state index is 11.9. The molecule has 0 saturated carbocycles. The van der Waals surface area contributed by atoms with Crippen LogP contribution in [0.1, 0.15) is 21.1 Å². The molecular formula is C10H10N4OS. The summed E-state index contributed by atoms with van der Waals surface area (Å²) >= 11 is 1.44. The minimum absolute atomic E-state index is 0.153. The highest BCUT2D eigenvalue weighted by molar-refractivity contribution is 7.09. The van der Waals surface area contributed by atoms with Crippen LogP contribution in [0.15, 0.2) is 24.1 Å². The quantitative estimate of drug-likeness (QED) is 0.786. The zero-order valence-corrected chi connectivity index (χ0v) is 9.28. The molecule has 0 fully saturated rings. The van der Waals surface area contributed by atoms with Gasteiger partial charge in [0.1, 0.15) is 12.0 Å². The number of nitrogens with zero attached hydrogens (tertiary/aromatic N) is 3. The van der Waals surface area contributed by atoms with E-state index in [2.05, 4.69) is 15.0 Å². The molecule has 0 aliphatic carbocycles. The SMILES string of the molecule is NCCc1nc(C(=O)c2cncnc2)cs1. The van der Waals surface area contributed by atoms with Crippen molar-refractivity contribution < 1.29 is 4.79 Å². The van der Waals surface area contributed by atoms with Gasteiger partial charge in [-0.3, -0.25) is 4.79 Å². The van der Waals surface area contributed by atoms with E-state index in [4.69, 9.17) is 5.73 Å². The number of aromatic nitrogens is 3. The van der Waals surface area contributed by atoms with Gasteiger partial charge in [0.05, 0.1) is 10.6 Å². The molecule has 2 rings (SSSR count). The highest BCUT2D eigenvalue weighted by Gasteiger charge is 2.13. The van der Waals surface area contributed by atoms with Crippen LogP contribution in [0.4, 0.5) is 0 Å². The zero-order valence-electron chi connectivity index (χ0n) is 8.46. The topological polar surface area (TPSA) is 81.8 Å². The lowest BCUT2D eigenvalue weighted by Crippen LogP contribution is -2.05. The summed E-state index contributed by atoms with van der Waals surface area (Å²) in [4.78, 5) is 23.7. The van der Waals surface area contributed by atoms with Crippen LogP contribution < -0.4 is 5.73 Å². The van der Waals surface area contributed by atoms with E-state index in [1.54, 1.807) is 5.38 Å². The molecule has 0 unspecified atom stereocenters. The summed E-state index contributed by atoms with van der Waals surface area (Å²) in [6.07, 6.45) is 5.05. The monoisotopic (exact) mass is 234 g/mol. The predicted molar refractivity (Wildman–Crippen MR) is 60.3 cm³/mol. The number of carbonyl (C=O) groups excluding carboxylic acids is 1. The van der Waals surface area contributed by atoms with Gasteiger partial charge in [0.2, 0.25) is 5.78 Å². The summed E-state index contributed by atoms with van der Waals surface area (Å²) in [5.74, 6) is -0.153. The van der Waals surface area contributed by atoms with E-state index in [1.165, 1.54) is 30.1 Å². The van der Waals surface area contributed by atoms with Crippen LogP contribution in [-0.4, -0.2) is 27.3 Å². The summed E-state index contributed by atoms with van der Waals surface area (Å²) in [5, 5.41) is 2.61. The van der Waals surface area contributed by atoms with Gasteiger partial charge >= 0.3 is 0 Å². The van der Waals surface area contributed by atoms with Crippen molar-refractivity contribution in [3.63, 3.8) is 0 Å². The maximum absolute atomic E-state index is 11.9. The van der Waals surface area contributed by atoms with E-state index in [0.717, 1.165) is 5.01 Å². The van der Waals surface area contributed by atoms with E-state index >= 15 is 0 Å². The van der Waals surface area contributed by atoms with Crippen molar-refractivity contribution in [3.8, 4) is 0 Å². The van der Waals surface area contributed by atoms with Crippen LogP contribution >= 0.6 is 11.3 Å². The Hall–Kier alpha value is -1.66. The minimum atomic E-state index is -0.153. The second-order valence-corrected chi connectivity index (χ2v) is 4.06.